The molecule has 0 radical (unpaired) electrons. The number of ether oxygens (including phenoxy) is 1. The highest BCUT2D eigenvalue weighted by Crippen LogP contribution is 2.40. The number of hydrogen-bond acceptors (Lipinski definition) is 4. The summed E-state index contributed by atoms with van der Waals surface area (Å²) in [4.78, 5) is 31.7. The molecule has 0 unspecified atom stereocenters. The van der Waals surface area contributed by atoms with E-state index in [1.807, 2.05) is 32.0 Å². The molecule has 2 heterocycles. The average molecular weight is 614 g/mol. The SMILES string of the molecule is CC(C)Cc1nc2c(c(-c3ccc4c(c3)CC[C@H]4OCc3ccc(F)c(F)c3)c1C(N)=O)C(=O)N[C@@H](Cc1ccc(F)cc1)C2. The topological polar surface area (TPSA) is 94.3 Å². The van der Waals surface area contributed by atoms with Crippen LogP contribution in [-0.4, -0.2) is 22.8 Å². The molecule has 232 valence electrons. The van der Waals surface area contributed by atoms with Gasteiger partial charge in [-0.25, -0.2) is 13.2 Å². The van der Waals surface area contributed by atoms with Crippen LogP contribution >= 0.6 is 0 Å². The van der Waals surface area contributed by atoms with E-state index in [1.54, 1.807) is 12.1 Å². The first-order chi connectivity index (χ1) is 21.6. The summed E-state index contributed by atoms with van der Waals surface area (Å²) in [7, 11) is 0. The normalized spacial score (nSPS) is 17.2. The second kappa shape index (κ2) is 12.5. The number of hydrogen-bond donors (Lipinski definition) is 2. The number of nitrogens with two attached hydrogens (primary N) is 1. The summed E-state index contributed by atoms with van der Waals surface area (Å²) in [6, 6.07) is 15.5. The maximum atomic E-state index is 13.8. The summed E-state index contributed by atoms with van der Waals surface area (Å²) >= 11 is 0. The van der Waals surface area contributed by atoms with Crippen LogP contribution in [0.1, 0.15) is 80.7 Å². The van der Waals surface area contributed by atoms with E-state index in [9.17, 15) is 22.8 Å². The molecular formula is C36H34F3N3O3. The van der Waals surface area contributed by atoms with E-state index in [4.69, 9.17) is 15.5 Å². The highest BCUT2D eigenvalue weighted by molar-refractivity contribution is 6.10. The van der Waals surface area contributed by atoms with E-state index in [0.717, 1.165) is 28.8 Å². The number of benzene rings is 3. The van der Waals surface area contributed by atoms with Crippen molar-refractivity contribution in [3.05, 3.63) is 123 Å². The molecule has 6 rings (SSSR count). The molecule has 1 aliphatic heterocycles. The lowest BCUT2D eigenvalue weighted by Crippen LogP contribution is -2.44. The zero-order valence-corrected chi connectivity index (χ0v) is 25.1. The number of rotatable bonds is 9. The smallest absolute Gasteiger partial charge is 0.254 e. The number of fused-ring (bicyclic) bond motifs is 2. The van der Waals surface area contributed by atoms with Crippen molar-refractivity contribution in [2.75, 3.05) is 0 Å². The second-order valence-corrected chi connectivity index (χ2v) is 12.3. The Bertz CT molecular complexity index is 1790. The van der Waals surface area contributed by atoms with Crippen LogP contribution in [0.15, 0.2) is 60.7 Å². The van der Waals surface area contributed by atoms with Crippen molar-refractivity contribution in [1.29, 1.82) is 0 Å². The molecule has 0 fully saturated rings. The van der Waals surface area contributed by atoms with Crippen molar-refractivity contribution in [3.63, 3.8) is 0 Å². The Kier molecular flexibility index (Phi) is 8.46. The molecule has 3 N–H and O–H groups in total. The third-order valence-corrected chi connectivity index (χ3v) is 8.48. The average Bonchev–Trinajstić information content (AvgIpc) is 3.40. The van der Waals surface area contributed by atoms with Crippen LogP contribution in [-0.2, 0) is 37.0 Å². The monoisotopic (exact) mass is 613 g/mol. The Hall–Kier alpha value is -4.50. The van der Waals surface area contributed by atoms with Crippen molar-refractivity contribution in [1.82, 2.24) is 10.3 Å². The minimum Gasteiger partial charge on any atom is -0.369 e. The molecule has 9 heteroatoms. The van der Waals surface area contributed by atoms with Gasteiger partial charge < -0.3 is 15.8 Å². The second-order valence-electron chi connectivity index (χ2n) is 12.3. The Morgan fingerprint density at radius 2 is 1.76 bits per heavy atom. The van der Waals surface area contributed by atoms with Gasteiger partial charge in [0.25, 0.3) is 11.8 Å². The summed E-state index contributed by atoms with van der Waals surface area (Å²) < 4.78 is 46.6. The summed E-state index contributed by atoms with van der Waals surface area (Å²) in [6.45, 7) is 4.20. The van der Waals surface area contributed by atoms with E-state index in [0.29, 0.717) is 65.7 Å². The number of aromatic nitrogens is 1. The van der Waals surface area contributed by atoms with Gasteiger partial charge in [0.15, 0.2) is 11.6 Å². The Morgan fingerprint density at radius 1 is 1.00 bits per heavy atom. The molecule has 6 nitrogen and oxygen atoms in total. The fraction of sp³-hybridized carbons (Fsp3) is 0.306. The molecule has 45 heavy (non-hydrogen) atoms. The van der Waals surface area contributed by atoms with Crippen molar-refractivity contribution < 1.29 is 27.5 Å². The standard InChI is InChI=1S/C36H34F3N3O3/c1-19(2)13-29-33(35(40)43)32(34-30(42-29)17-25(41-36(34)44)14-20-3-8-24(37)9-4-20)23-6-10-26-22(16-23)7-12-31(26)45-18-21-5-11-27(38)28(39)15-21/h3-6,8-11,15-16,19,25,31H,7,12-14,17-18H2,1-2H3,(H2,40,43)(H,41,44)/t25-,31+/m0/s1. The van der Waals surface area contributed by atoms with Gasteiger partial charge in [-0.05, 0) is 83.7 Å². The highest BCUT2D eigenvalue weighted by atomic mass is 19.2. The maximum Gasteiger partial charge on any atom is 0.254 e. The number of amides is 2. The number of carbonyl (C=O) groups is 2. The van der Waals surface area contributed by atoms with Crippen molar-refractivity contribution in [3.8, 4) is 11.1 Å². The van der Waals surface area contributed by atoms with Gasteiger partial charge in [0, 0.05) is 18.0 Å². The van der Waals surface area contributed by atoms with Crippen LogP contribution in [0.2, 0.25) is 0 Å². The fourth-order valence-electron chi connectivity index (χ4n) is 6.47. The molecule has 2 aliphatic rings. The van der Waals surface area contributed by atoms with Gasteiger partial charge in [0.1, 0.15) is 5.82 Å². The van der Waals surface area contributed by atoms with Crippen LogP contribution in [0.5, 0.6) is 0 Å². The summed E-state index contributed by atoms with van der Waals surface area (Å²) in [5.74, 6) is -2.94. The van der Waals surface area contributed by atoms with Gasteiger partial charge in [-0.15, -0.1) is 0 Å². The van der Waals surface area contributed by atoms with Crippen molar-refractivity contribution in [2.24, 2.45) is 11.7 Å². The van der Waals surface area contributed by atoms with Crippen LogP contribution < -0.4 is 11.1 Å². The molecule has 0 saturated heterocycles. The lowest BCUT2D eigenvalue weighted by atomic mass is 9.84. The van der Waals surface area contributed by atoms with Crippen molar-refractivity contribution >= 4 is 11.8 Å². The Labute approximate surface area is 259 Å². The van der Waals surface area contributed by atoms with E-state index in [-0.39, 0.29) is 42.0 Å². The summed E-state index contributed by atoms with van der Waals surface area (Å²) in [6.07, 6.45) is 2.62. The van der Waals surface area contributed by atoms with Crippen LogP contribution in [0, 0.1) is 23.4 Å². The summed E-state index contributed by atoms with van der Waals surface area (Å²) in [5, 5.41) is 3.08. The minimum absolute atomic E-state index is 0.130. The van der Waals surface area contributed by atoms with E-state index in [1.165, 1.54) is 18.2 Å². The number of pyridine rings is 1. The van der Waals surface area contributed by atoms with Crippen LogP contribution in [0.4, 0.5) is 13.2 Å². The zero-order valence-electron chi connectivity index (χ0n) is 25.1. The molecule has 3 aromatic carbocycles. The molecular weight excluding hydrogens is 579 g/mol. The fourth-order valence-corrected chi connectivity index (χ4v) is 6.47. The lowest BCUT2D eigenvalue weighted by molar-refractivity contribution is 0.0409. The van der Waals surface area contributed by atoms with Gasteiger partial charge >= 0.3 is 0 Å². The molecule has 0 spiro atoms. The van der Waals surface area contributed by atoms with E-state index >= 15 is 0 Å². The Morgan fingerprint density at radius 3 is 2.47 bits per heavy atom. The lowest BCUT2D eigenvalue weighted by Gasteiger charge is -2.29. The third kappa shape index (κ3) is 6.35. The quantitative estimate of drug-likeness (QED) is 0.224. The summed E-state index contributed by atoms with van der Waals surface area (Å²) in [5.41, 5.74) is 12.3. The van der Waals surface area contributed by atoms with Gasteiger partial charge in [0.05, 0.1) is 35.2 Å². The molecule has 2 atom stereocenters. The molecule has 4 aromatic rings. The Balaban J connectivity index is 1.35. The maximum absolute atomic E-state index is 13.8. The van der Waals surface area contributed by atoms with Gasteiger partial charge in [-0.3, -0.25) is 14.6 Å². The van der Waals surface area contributed by atoms with Crippen LogP contribution in [0.3, 0.4) is 0 Å². The van der Waals surface area contributed by atoms with Gasteiger partial charge in [0.2, 0.25) is 0 Å². The predicted molar refractivity (Wildman–Crippen MR) is 164 cm³/mol. The number of aryl methyl sites for hydroxylation is 1. The molecule has 2 amide bonds. The third-order valence-electron chi connectivity index (χ3n) is 8.48. The zero-order chi connectivity index (χ0) is 31.8. The first-order valence-corrected chi connectivity index (χ1v) is 15.2. The highest BCUT2D eigenvalue weighted by Gasteiger charge is 2.34. The molecule has 1 aliphatic carbocycles. The first-order valence-electron chi connectivity index (χ1n) is 15.2. The largest absolute Gasteiger partial charge is 0.369 e. The molecule has 0 bridgehead atoms. The predicted octanol–water partition coefficient (Wildman–Crippen LogP) is 6.56. The van der Waals surface area contributed by atoms with Crippen LogP contribution in [0.25, 0.3) is 11.1 Å². The van der Waals surface area contributed by atoms with Crippen molar-refractivity contribution in [2.45, 2.75) is 64.7 Å². The van der Waals surface area contributed by atoms with Gasteiger partial charge in [-0.2, -0.15) is 0 Å². The van der Waals surface area contributed by atoms with Gasteiger partial charge in [-0.1, -0.05) is 50.2 Å². The molecule has 1 aromatic heterocycles. The number of nitrogens with one attached hydrogen (secondary N) is 1. The number of primary amides is 1. The number of halogens is 3. The van der Waals surface area contributed by atoms with E-state index < -0.39 is 17.5 Å². The number of carbonyl (C=O) groups excluding carboxylic acids is 2. The first kappa shape index (κ1) is 30.5. The number of nitrogens with zero attached hydrogens (tertiary/aromatic N) is 1. The molecule has 0 saturated carbocycles. The van der Waals surface area contributed by atoms with E-state index in [2.05, 4.69) is 5.32 Å². The minimum atomic E-state index is -0.916.